The third-order valence-corrected chi connectivity index (χ3v) is 6.04. The molecule has 0 saturated carbocycles. The molecule has 1 amide bonds. The number of aliphatic imine (C=N–C) groups is 1. The van der Waals surface area contributed by atoms with Gasteiger partial charge in [-0.3, -0.25) is 9.79 Å². The van der Waals surface area contributed by atoms with Crippen LogP contribution in [0.1, 0.15) is 52.9 Å². The van der Waals surface area contributed by atoms with Crippen molar-refractivity contribution in [2.45, 2.75) is 64.2 Å². The normalized spacial score (nSPS) is 23.0. The molecule has 1 unspecified atom stereocenters. The number of nitrogens with zero attached hydrogens (tertiary/aromatic N) is 3. The first-order chi connectivity index (χ1) is 10.7. The van der Waals surface area contributed by atoms with E-state index < -0.39 is 0 Å². The minimum atomic E-state index is 0.159. The number of hydrogen-bond donors (Lipinski definition) is 0. The summed E-state index contributed by atoms with van der Waals surface area (Å²) in [4.78, 5) is 21.8. The number of rotatable bonds is 4. The summed E-state index contributed by atoms with van der Waals surface area (Å²) in [5, 5.41) is 1.17. The van der Waals surface area contributed by atoms with Crippen LogP contribution >= 0.6 is 11.8 Å². The summed E-state index contributed by atoms with van der Waals surface area (Å²) in [5.41, 5.74) is 0. The van der Waals surface area contributed by atoms with Crippen molar-refractivity contribution in [3.63, 3.8) is 0 Å². The molecular formula is C17H31N3OS. The second-order valence-corrected chi connectivity index (χ2v) is 7.81. The molecule has 126 valence electrons. The van der Waals surface area contributed by atoms with Gasteiger partial charge in [0, 0.05) is 30.9 Å². The molecule has 0 aromatic carbocycles. The van der Waals surface area contributed by atoms with Crippen LogP contribution in [-0.4, -0.2) is 64.8 Å². The zero-order valence-electron chi connectivity index (χ0n) is 14.4. The Kier molecular flexibility index (Phi) is 7.22. The molecule has 0 aliphatic carbocycles. The smallest absolute Gasteiger partial charge is 0.278 e. The first-order valence-corrected chi connectivity index (χ1v) is 9.78. The number of likely N-dealkylation sites (tertiary alicyclic amines) is 2. The molecule has 2 heterocycles. The number of carbonyl (C=O) groups excluding carboxylic acids is 1. The average Bonchev–Trinajstić information content (AvgIpc) is 3.08. The Labute approximate surface area is 139 Å². The van der Waals surface area contributed by atoms with Gasteiger partial charge < -0.3 is 9.80 Å². The number of hydrogen-bond acceptors (Lipinski definition) is 4. The fourth-order valence-electron chi connectivity index (χ4n) is 3.25. The Morgan fingerprint density at radius 1 is 1.18 bits per heavy atom. The van der Waals surface area contributed by atoms with E-state index >= 15 is 0 Å². The Hall–Kier alpha value is -0.550. The van der Waals surface area contributed by atoms with Gasteiger partial charge in [0.1, 0.15) is 0 Å². The maximum Gasteiger partial charge on any atom is 0.278 e. The van der Waals surface area contributed by atoms with Crippen molar-refractivity contribution in [1.82, 2.24) is 9.80 Å². The molecule has 2 rings (SSSR count). The zero-order chi connectivity index (χ0) is 15.9. The Morgan fingerprint density at radius 3 is 2.36 bits per heavy atom. The van der Waals surface area contributed by atoms with Gasteiger partial charge in [0.25, 0.3) is 5.91 Å². The van der Waals surface area contributed by atoms with Crippen molar-refractivity contribution >= 4 is 22.7 Å². The van der Waals surface area contributed by atoms with Gasteiger partial charge in [-0.25, -0.2) is 0 Å². The van der Waals surface area contributed by atoms with E-state index in [9.17, 15) is 4.79 Å². The van der Waals surface area contributed by atoms with Crippen LogP contribution in [-0.2, 0) is 4.79 Å². The van der Waals surface area contributed by atoms with Crippen molar-refractivity contribution in [2.75, 3.05) is 32.7 Å². The largest absolute Gasteiger partial charge is 0.337 e. The van der Waals surface area contributed by atoms with Gasteiger partial charge >= 0.3 is 0 Å². The fourth-order valence-corrected chi connectivity index (χ4v) is 4.23. The SMILES string of the molecule is CCN=C(SC(C)CC)C(=O)N1CCC(N2CCCC2)CC1. The summed E-state index contributed by atoms with van der Waals surface area (Å²) in [6, 6.07) is 0.695. The van der Waals surface area contributed by atoms with E-state index in [0.717, 1.165) is 37.4 Å². The number of amides is 1. The Bertz CT molecular complexity index is 385. The first kappa shape index (κ1) is 17.8. The molecule has 2 saturated heterocycles. The number of thioether (sulfide) groups is 1. The molecular weight excluding hydrogens is 294 g/mol. The molecule has 2 aliphatic heterocycles. The highest BCUT2D eigenvalue weighted by atomic mass is 32.2. The molecule has 5 heteroatoms. The van der Waals surface area contributed by atoms with Gasteiger partial charge in [-0.2, -0.15) is 0 Å². The quantitative estimate of drug-likeness (QED) is 0.589. The van der Waals surface area contributed by atoms with Crippen LogP contribution in [0.2, 0.25) is 0 Å². The van der Waals surface area contributed by atoms with E-state index in [1.54, 1.807) is 11.8 Å². The van der Waals surface area contributed by atoms with Crippen LogP contribution in [0.4, 0.5) is 0 Å². The van der Waals surface area contributed by atoms with Crippen molar-refractivity contribution < 1.29 is 4.79 Å². The lowest BCUT2D eigenvalue weighted by Gasteiger charge is -2.36. The molecule has 0 N–H and O–H groups in total. The lowest BCUT2D eigenvalue weighted by atomic mass is 10.0. The topological polar surface area (TPSA) is 35.9 Å². The third kappa shape index (κ3) is 4.72. The minimum Gasteiger partial charge on any atom is -0.337 e. The van der Waals surface area contributed by atoms with Crippen LogP contribution in [0, 0.1) is 0 Å². The van der Waals surface area contributed by atoms with E-state index in [1.165, 1.54) is 25.9 Å². The maximum atomic E-state index is 12.7. The molecule has 2 fully saturated rings. The van der Waals surface area contributed by atoms with E-state index in [4.69, 9.17) is 0 Å². The van der Waals surface area contributed by atoms with Gasteiger partial charge in [-0.1, -0.05) is 25.6 Å². The highest BCUT2D eigenvalue weighted by Crippen LogP contribution is 2.23. The molecule has 0 aromatic heterocycles. The van der Waals surface area contributed by atoms with E-state index in [1.807, 2.05) is 11.8 Å². The predicted octanol–water partition coefficient (Wildman–Crippen LogP) is 3.02. The molecule has 4 nitrogen and oxygen atoms in total. The summed E-state index contributed by atoms with van der Waals surface area (Å²) in [7, 11) is 0. The molecule has 2 aliphatic rings. The number of carbonyl (C=O) groups is 1. The van der Waals surface area contributed by atoms with E-state index in [-0.39, 0.29) is 5.91 Å². The van der Waals surface area contributed by atoms with Crippen LogP contribution in [0.15, 0.2) is 4.99 Å². The third-order valence-electron chi connectivity index (χ3n) is 4.78. The summed E-state index contributed by atoms with van der Waals surface area (Å²) in [6.07, 6.45) is 6.01. The van der Waals surface area contributed by atoms with Gasteiger partial charge in [0.15, 0.2) is 5.04 Å². The Morgan fingerprint density at radius 2 is 1.82 bits per heavy atom. The average molecular weight is 326 g/mol. The van der Waals surface area contributed by atoms with Crippen molar-refractivity contribution in [2.24, 2.45) is 4.99 Å². The van der Waals surface area contributed by atoms with Crippen molar-refractivity contribution in [3.8, 4) is 0 Å². The van der Waals surface area contributed by atoms with Crippen LogP contribution in [0.25, 0.3) is 0 Å². The van der Waals surface area contributed by atoms with Gasteiger partial charge in [-0.15, -0.1) is 0 Å². The second kappa shape index (κ2) is 8.92. The van der Waals surface area contributed by atoms with E-state index in [2.05, 4.69) is 23.7 Å². The maximum absolute atomic E-state index is 12.7. The van der Waals surface area contributed by atoms with Crippen LogP contribution < -0.4 is 0 Å². The molecule has 0 radical (unpaired) electrons. The highest BCUT2D eigenvalue weighted by Gasteiger charge is 2.30. The number of piperidine rings is 1. The molecule has 0 spiro atoms. The van der Waals surface area contributed by atoms with Gasteiger partial charge in [-0.05, 0) is 52.1 Å². The summed E-state index contributed by atoms with van der Waals surface area (Å²) in [5.74, 6) is 0.159. The predicted molar refractivity (Wildman–Crippen MR) is 95.7 cm³/mol. The summed E-state index contributed by atoms with van der Waals surface area (Å²) < 4.78 is 0. The van der Waals surface area contributed by atoms with Crippen molar-refractivity contribution in [3.05, 3.63) is 0 Å². The molecule has 0 aromatic rings. The standard InChI is InChI=1S/C17H31N3OS/c1-4-14(3)22-16(18-5-2)17(21)20-12-8-15(9-13-20)19-10-6-7-11-19/h14-15H,4-13H2,1-3H3. The zero-order valence-corrected chi connectivity index (χ0v) is 15.2. The second-order valence-electron chi connectivity index (χ2n) is 6.38. The lowest BCUT2D eigenvalue weighted by Crippen LogP contribution is -2.47. The highest BCUT2D eigenvalue weighted by molar-refractivity contribution is 8.16. The van der Waals surface area contributed by atoms with Crippen molar-refractivity contribution in [1.29, 1.82) is 0 Å². The first-order valence-electron chi connectivity index (χ1n) is 8.90. The minimum absolute atomic E-state index is 0.159. The Balaban J connectivity index is 1.87. The van der Waals surface area contributed by atoms with E-state index in [0.29, 0.717) is 17.8 Å². The van der Waals surface area contributed by atoms with Gasteiger partial charge in [0.05, 0.1) is 0 Å². The molecule has 0 bridgehead atoms. The monoisotopic (exact) mass is 325 g/mol. The van der Waals surface area contributed by atoms with Crippen LogP contribution in [0.5, 0.6) is 0 Å². The van der Waals surface area contributed by atoms with Crippen LogP contribution in [0.3, 0.4) is 0 Å². The fraction of sp³-hybridized carbons (Fsp3) is 0.882. The van der Waals surface area contributed by atoms with Gasteiger partial charge in [0.2, 0.25) is 0 Å². The molecule has 1 atom stereocenters. The summed E-state index contributed by atoms with van der Waals surface area (Å²) in [6.45, 7) is 11.3. The lowest BCUT2D eigenvalue weighted by molar-refractivity contribution is -0.125. The molecule has 22 heavy (non-hydrogen) atoms. The summed E-state index contributed by atoms with van der Waals surface area (Å²) >= 11 is 1.65.